The van der Waals surface area contributed by atoms with Gasteiger partial charge in [-0.15, -0.1) is 16.9 Å². The Kier molecular flexibility index (Phi) is 7.08. The van der Waals surface area contributed by atoms with E-state index >= 15 is 0 Å². The first kappa shape index (κ1) is 19.9. The zero-order valence-electron chi connectivity index (χ0n) is 16.0. The van der Waals surface area contributed by atoms with Crippen LogP contribution >= 0.6 is 11.8 Å². The van der Waals surface area contributed by atoms with Gasteiger partial charge in [0.1, 0.15) is 5.75 Å². The Morgan fingerprint density at radius 3 is 2.57 bits per heavy atom. The van der Waals surface area contributed by atoms with Crippen LogP contribution in [0.25, 0.3) is 11.5 Å². The highest BCUT2D eigenvalue weighted by atomic mass is 32.2. The van der Waals surface area contributed by atoms with Gasteiger partial charge >= 0.3 is 6.01 Å². The normalized spacial score (nSPS) is 10.6. The van der Waals surface area contributed by atoms with Crippen molar-refractivity contribution in [1.29, 1.82) is 0 Å². The Labute approximate surface area is 168 Å². The average molecular weight is 398 g/mol. The Balaban J connectivity index is 1.43. The largest absolute Gasteiger partial charge is 0.494 e. The van der Waals surface area contributed by atoms with Gasteiger partial charge in [-0.05, 0) is 62.4 Å². The molecule has 0 atom stereocenters. The molecule has 0 aliphatic heterocycles. The zero-order chi connectivity index (χ0) is 19.8. The molecule has 3 rings (SSSR count). The van der Waals surface area contributed by atoms with Crippen molar-refractivity contribution >= 4 is 23.7 Å². The molecule has 3 aromatic rings. The zero-order valence-corrected chi connectivity index (χ0v) is 16.8. The maximum absolute atomic E-state index is 12.1. The van der Waals surface area contributed by atoms with Crippen LogP contribution in [0.3, 0.4) is 0 Å². The number of aromatic nitrogens is 2. The van der Waals surface area contributed by atoms with E-state index < -0.39 is 0 Å². The number of hydrogen-bond acceptors (Lipinski definition) is 6. The monoisotopic (exact) mass is 397 g/mol. The standard InChI is InChI=1S/C21H23N3O3S/c1-3-26-17-10-8-16(9-11-17)20-23-24-21(27-20)22-19(25)5-4-14-28-18-12-6-15(2)7-13-18/h6-13H,3-5,14H2,1-2H3,(H,22,24,25). The lowest BCUT2D eigenvalue weighted by Crippen LogP contribution is -2.11. The van der Waals surface area contributed by atoms with Crippen molar-refractivity contribution in [3.63, 3.8) is 0 Å². The molecule has 0 radical (unpaired) electrons. The second-order valence-electron chi connectivity index (χ2n) is 6.18. The predicted octanol–water partition coefficient (Wildman–Crippen LogP) is 4.95. The van der Waals surface area contributed by atoms with E-state index in [9.17, 15) is 4.79 Å². The SMILES string of the molecule is CCOc1ccc(-c2nnc(NC(=O)CCCSc3ccc(C)cc3)o2)cc1. The molecule has 1 N–H and O–H groups in total. The van der Waals surface area contributed by atoms with Crippen LogP contribution in [0.2, 0.25) is 0 Å². The number of aryl methyl sites for hydroxylation is 1. The third-order valence-corrected chi connectivity index (χ3v) is 5.02. The number of benzene rings is 2. The van der Waals surface area contributed by atoms with E-state index in [1.165, 1.54) is 10.5 Å². The first-order valence-electron chi connectivity index (χ1n) is 9.20. The quantitative estimate of drug-likeness (QED) is 0.406. The Bertz CT molecular complexity index is 892. The fourth-order valence-electron chi connectivity index (χ4n) is 2.49. The molecule has 6 nitrogen and oxygen atoms in total. The third kappa shape index (κ3) is 5.85. The lowest BCUT2D eigenvalue weighted by Gasteiger charge is -2.03. The van der Waals surface area contributed by atoms with Gasteiger partial charge in [0.05, 0.1) is 6.61 Å². The second kappa shape index (κ2) is 9.94. The van der Waals surface area contributed by atoms with Gasteiger partial charge in [0.15, 0.2) is 0 Å². The number of ether oxygens (including phenoxy) is 1. The second-order valence-corrected chi connectivity index (χ2v) is 7.35. The summed E-state index contributed by atoms with van der Waals surface area (Å²) in [6.45, 7) is 4.61. The van der Waals surface area contributed by atoms with Crippen LogP contribution in [0.15, 0.2) is 57.8 Å². The summed E-state index contributed by atoms with van der Waals surface area (Å²) in [4.78, 5) is 13.3. The van der Waals surface area contributed by atoms with Gasteiger partial charge in [-0.1, -0.05) is 22.8 Å². The lowest BCUT2D eigenvalue weighted by molar-refractivity contribution is -0.116. The third-order valence-electron chi connectivity index (χ3n) is 3.92. The summed E-state index contributed by atoms with van der Waals surface area (Å²) in [5.74, 6) is 1.88. The summed E-state index contributed by atoms with van der Waals surface area (Å²) >= 11 is 1.74. The van der Waals surface area contributed by atoms with E-state index in [4.69, 9.17) is 9.15 Å². The molecule has 0 saturated carbocycles. The molecule has 0 fully saturated rings. The molecule has 146 valence electrons. The topological polar surface area (TPSA) is 77.3 Å². The molecule has 1 aromatic heterocycles. The smallest absolute Gasteiger partial charge is 0.322 e. The maximum atomic E-state index is 12.1. The molecule has 0 saturated heterocycles. The van der Waals surface area contributed by atoms with Crippen molar-refractivity contribution in [3.05, 3.63) is 54.1 Å². The number of thioether (sulfide) groups is 1. The molecule has 0 unspecified atom stereocenters. The number of amides is 1. The van der Waals surface area contributed by atoms with Crippen molar-refractivity contribution in [1.82, 2.24) is 10.2 Å². The van der Waals surface area contributed by atoms with Crippen LogP contribution in [0, 0.1) is 6.92 Å². The van der Waals surface area contributed by atoms with Gasteiger partial charge < -0.3 is 9.15 Å². The van der Waals surface area contributed by atoms with Crippen LogP contribution in [0.5, 0.6) is 5.75 Å². The highest BCUT2D eigenvalue weighted by Gasteiger charge is 2.11. The maximum Gasteiger partial charge on any atom is 0.322 e. The highest BCUT2D eigenvalue weighted by Crippen LogP contribution is 2.23. The van der Waals surface area contributed by atoms with Crippen molar-refractivity contribution in [2.45, 2.75) is 31.6 Å². The Hall–Kier alpha value is -2.80. The van der Waals surface area contributed by atoms with Gasteiger partial charge in [0, 0.05) is 16.9 Å². The van der Waals surface area contributed by atoms with Crippen LogP contribution in [-0.4, -0.2) is 28.5 Å². The molecular formula is C21H23N3O3S. The fraction of sp³-hybridized carbons (Fsp3) is 0.286. The summed E-state index contributed by atoms with van der Waals surface area (Å²) in [6, 6.07) is 15.8. The number of hydrogen-bond donors (Lipinski definition) is 1. The molecule has 28 heavy (non-hydrogen) atoms. The van der Waals surface area contributed by atoms with E-state index in [1.807, 2.05) is 31.2 Å². The minimum Gasteiger partial charge on any atom is -0.494 e. The summed E-state index contributed by atoms with van der Waals surface area (Å²) in [6.07, 6.45) is 1.17. The molecule has 0 spiro atoms. The number of carbonyl (C=O) groups is 1. The average Bonchev–Trinajstić information content (AvgIpc) is 3.16. The van der Waals surface area contributed by atoms with E-state index in [0.29, 0.717) is 18.9 Å². The molecule has 1 heterocycles. The van der Waals surface area contributed by atoms with Crippen molar-refractivity contribution < 1.29 is 13.9 Å². The van der Waals surface area contributed by atoms with Crippen LogP contribution in [0.1, 0.15) is 25.3 Å². The summed E-state index contributed by atoms with van der Waals surface area (Å²) in [5, 5.41) is 10.5. The molecule has 0 bridgehead atoms. The molecule has 1 amide bonds. The lowest BCUT2D eigenvalue weighted by atomic mass is 10.2. The molecule has 0 aliphatic rings. The summed E-state index contributed by atoms with van der Waals surface area (Å²) in [5.41, 5.74) is 2.01. The van der Waals surface area contributed by atoms with E-state index in [0.717, 1.165) is 23.5 Å². The van der Waals surface area contributed by atoms with E-state index in [1.54, 1.807) is 11.8 Å². The minimum atomic E-state index is -0.133. The molecular weight excluding hydrogens is 374 g/mol. The van der Waals surface area contributed by atoms with Crippen LogP contribution < -0.4 is 10.1 Å². The first-order valence-corrected chi connectivity index (χ1v) is 10.2. The van der Waals surface area contributed by atoms with Gasteiger partial charge in [-0.3, -0.25) is 10.1 Å². The number of nitrogens with zero attached hydrogens (tertiary/aromatic N) is 2. The number of nitrogens with one attached hydrogen (secondary N) is 1. The predicted molar refractivity (Wildman–Crippen MR) is 111 cm³/mol. The van der Waals surface area contributed by atoms with Crippen LogP contribution in [0.4, 0.5) is 6.01 Å². The van der Waals surface area contributed by atoms with Gasteiger partial charge in [0.25, 0.3) is 0 Å². The number of carbonyl (C=O) groups excluding carboxylic acids is 1. The Morgan fingerprint density at radius 2 is 1.86 bits per heavy atom. The van der Waals surface area contributed by atoms with E-state index in [-0.39, 0.29) is 11.9 Å². The molecule has 2 aromatic carbocycles. The molecule has 7 heteroatoms. The van der Waals surface area contributed by atoms with Crippen LogP contribution in [-0.2, 0) is 4.79 Å². The van der Waals surface area contributed by atoms with Crippen molar-refractivity contribution in [3.8, 4) is 17.2 Å². The highest BCUT2D eigenvalue weighted by molar-refractivity contribution is 7.99. The van der Waals surface area contributed by atoms with Gasteiger partial charge in [-0.25, -0.2) is 0 Å². The van der Waals surface area contributed by atoms with Crippen molar-refractivity contribution in [2.24, 2.45) is 0 Å². The summed E-state index contributed by atoms with van der Waals surface area (Å²) in [7, 11) is 0. The van der Waals surface area contributed by atoms with Crippen molar-refractivity contribution in [2.75, 3.05) is 17.7 Å². The summed E-state index contributed by atoms with van der Waals surface area (Å²) < 4.78 is 10.9. The Morgan fingerprint density at radius 1 is 1.11 bits per heavy atom. The van der Waals surface area contributed by atoms with E-state index in [2.05, 4.69) is 46.7 Å². The van der Waals surface area contributed by atoms with Gasteiger partial charge in [0.2, 0.25) is 11.8 Å². The first-order chi connectivity index (χ1) is 13.6. The minimum absolute atomic E-state index is 0.111. The van der Waals surface area contributed by atoms with Gasteiger partial charge in [-0.2, -0.15) is 0 Å². The number of anilines is 1. The number of rotatable bonds is 9. The fourth-order valence-corrected chi connectivity index (χ4v) is 3.34. The molecule has 0 aliphatic carbocycles.